The summed E-state index contributed by atoms with van der Waals surface area (Å²) in [6.45, 7) is 6.31. The summed E-state index contributed by atoms with van der Waals surface area (Å²) >= 11 is 0. The van der Waals surface area contributed by atoms with Gasteiger partial charge in [-0.15, -0.1) is 0 Å². The van der Waals surface area contributed by atoms with E-state index >= 15 is 0 Å². The predicted octanol–water partition coefficient (Wildman–Crippen LogP) is 3.91. The van der Waals surface area contributed by atoms with Gasteiger partial charge in [0.05, 0.1) is 6.61 Å². The summed E-state index contributed by atoms with van der Waals surface area (Å²) in [7, 11) is 1.81. The van der Waals surface area contributed by atoms with Gasteiger partial charge in [0, 0.05) is 26.2 Å². The summed E-state index contributed by atoms with van der Waals surface area (Å²) in [5, 5.41) is 6.89. The van der Waals surface area contributed by atoms with Crippen LogP contribution in [0.3, 0.4) is 0 Å². The van der Waals surface area contributed by atoms with Crippen molar-refractivity contribution < 1.29 is 4.74 Å². The van der Waals surface area contributed by atoms with E-state index in [9.17, 15) is 0 Å². The molecule has 0 saturated carbocycles. The molecular formula is C22H31N3O. The predicted molar refractivity (Wildman–Crippen MR) is 109 cm³/mol. The molecule has 0 aromatic heterocycles. The number of hydrogen-bond acceptors (Lipinski definition) is 2. The van der Waals surface area contributed by atoms with Crippen LogP contribution in [0.25, 0.3) is 0 Å². The van der Waals surface area contributed by atoms with Gasteiger partial charge in [0.2, 0.25) is 0 Å². The summed E-state index contributed by atoms with van der Waals surface area (Å²) in [4.78, 5) is 4.35. The van der Waals surface area contributed by atoms with Crippen LogP contribution in [0.2, 0.25) is 0 Å². The fourth-order valence-corrected chi connectivity index (χ4v) is 2.79. The highest BCUT2D eigenvalue weighted by molar-refractivity contribution is 5.79. The smallest absolute Gasteiger partial charge is 0.191 e. The maximum Gasteiger partial charge on any atom is 0.191 e. The van der Waals surface area contributed by atoms with Crippen molar-refractivity contribution in [2.45, 2.75) is 45.9 Å². The molecule has 0 aliphatic heterocycles. The van der Waals surface area contributed by atoms with Crippen molar-refractivity contribution >= 4 is 5.96 Å². The van der Waals surface area contributed by atoms with Gasteiger partial charge in [-0.05, 0) is 43.4 Å². The van der Waals surface area contributed by atoms with Crippen LogP contribution in [0.4, 0.5) is 0 Å². The van der Waals surface area contributed by atoms with Gasteiger partial charge in [-0.2, -0.15) is 0 Å². The molecule has 1 atom stereocenters. The first kappa shape index (κ1) is 20.0. The van der Waals surface area contributed by atoms with Crippen molar-refractivity contribution in [2.75, 3.05) is 13.7 Å². The van der Waals surface area contributed by atoms with E-state index in [1.807, 2.05) is 14.0 Å². The minimum atomic E-state index is 0.347. The molecule has 0 heterocycles. The number of ether oxygens (including phenoxy) is 1. The van der Waals surface area contributed by atoms with Gasteiger partial charge < -0.3 is 15.4 Å². The van der Waals surface area contributed by atoms with Crippen LogP contribution >= 0.6 is 0 Å². The van der Waals surface area contributed by atoms with Crippen LogP contribution in [-0.4, -0.2) is 25.7 Å². The van der Waals surface area contributed by atoms with E-state index in [0.717, 1.165) is 32.0 Å². The van der Waals surface area contributed by atoms with E-state index in [1.165, 1.54) is 16.7 Å². The van der Waals surface area contributed by atoms with Crippen LogP contribution in [0, 0.1) is 0 Å². The monoisotopic (exact) mass is 353 g/mol. The molecule has 4 heteroatoms. The summed E-state index contributed by atoms with van der Waals surface area (Å²) in [6, 6.07) is 19.3. The first-order valence-electron chi connectivity index (χ1n) is 9.38. The van der Waals surface area contributed by atoms with Gasteiger partial charge >= 0.3 is 0 Å². The Morgan fingerprint density at radius 3 is 2.42 bits per heavy atom. The molecule has 2 rings (SSSR count). The van der Waals surface area contributed by atoms with Crippen LogP contribution in [0.15, 0.2) is 59.6 Å². The summed E-state index contributed by atoms with van der Waals surface area (Å²) in [5.74, 6) is 0.830. The number of aliphatic imine (C=N–C) groups is 1. The summed E-state index contributed by atoms with van der Waals surface area (Å²) in [6.07, 6.45) is 2.12. The Morgan fingerprint density at radius 2 is 1.73 bits per heavy atom. The molecule has 26 heavy (non-hydrogen) atoms. The molecule has 2 aromatic carbocycles. The van der Waals surface area contributed by atoms with Crippen molar-refractivity contribution in [1.29, 1.82) is 0 Å². The Bertz CT molecular complexity index is 670. The molecule has 0 spiro atoms. The largest absolute Gasteiger partial charge is 0.377 e. The molecule has 0 fully saturated rings. The van der Waals surface area contributed by atoms with Crippen LogP contribution in [0.1, 0.15) is 37.0 Å². The molecule has 0 aliphatic rings. The molecule has 0 amide bonds. The Kier molecular flexibility index (Phi) is 8.70. The molecule has 140 valence electrons. The van der Waals surface area contributed by atoms with Crippen molar-refractivity contribution in [3.05, 3.63) is 71.3 Å². The van der Waals surface area contributed by atoms with Gasteiger partial charge in [0.1, 0.15) is 0 Å². The second-order valence-corrected chi connectivity index (χ2v) is 6.40. The van der Waals surface area contributed by atoms with E-state index in [0.29, 0.717) is 12.6 Å². The van der Waals surface area contributed by atoms with Crippen molar-refractivity contribution in [3.63, 3.8) is 0 Å². The van der Waals surface area contributed by atoms with Gasteiger partial charge in [-0.25, -0.2) is 0 Å². The Morgan fingerprint density at radius 1 is 1.04 bits per heavy atom. The van der Waals surface area contributed by atoms with Crippen molar-refractivity contribution in [1.82, 2.24) is 10.6 Å². The Balaban J connectivity index is 1.82. The lowest BCUT2D eigenvalue weighted by Gasteiger charge is -2.19. The summed E-state index contributed by atoms with van der Waals surface area (Å²) in [5.41, 5.74) is 3.82. The molecule has 4 nitrogen and oxygen atoms in total. The van der Waals surface area contributed by atoms with Gasteiger partial charge in [-0.3, -0.25) is 4.99 Å². The zero-order chi connectivity index (χ0) is 18.6. The average Bonchev–Trinajstić information content (AvgIpc) is 2.69. The van der Waals surface area contributed by atoms with E-state index in [1.54, 1.807) is 0 Å². The third-order valence-corrected chi connectivity index (χ3v) is 4.34. The number of guanidine groups is 1. The molecule has 2 N–H and O–H groups in total. The number of benzene rings is 2. The van der Waals surface area contributed by atoms with Gasteiger partial charge in [0.15, 0.2) is 5.96 Å². The van der Waals surface area contributed by atoms with Crippen LogP contribution in [-0.2, 0) is 24.3 Å². The number of nitrogens with one attached hydrogen (secondary N) is 2. The molecule has 0 radical (unpaired) electrons. The lowest BCUT2D eigenvalue weighted by atomic mass is 10.1. The molecule has 2 aromatic rings. The van der Waals surface area contributed by atoms with E-state index in [-0.39, 0.29) is 0 Å². The SMILES string of the molecule is CCOCc1ccccc1CNC(=NC)NC(C)CCc1ccccc1. The van der Waals surface area contributed by atoms with E-state index < -0.39 is 0 Å². The highest BCUT2D eigenvalue weighted by Gasteiger charge is 2.07. The lowest BCUT2D eigenvalue weighted by molar-refractivity contribution is 0.133. The topological polar surface area (TPSA) is 45.6 Å². The van der Waals surface area contributed by atoms with Crippen molar-refractivity contribution in [3.8, 4) is 0 Å². The number of hydrogen-bond donors (Lipinski definition) is 2. The molecular weight excluding hydrogens is 322 g/mol. The first-order chi connectivity index (χ1) is 12.7. The highest BCUT2D eigenvalue weighted by Crippen LogP contribution is 2.10. The van der Waals surface area contributed by atoms with E-state index in [4.69, 9.17) is 4.74 Å². The molecule has 0 saturated heterocycles. The highest BCUT2D eigenvalue weighted by atomic mass is 16.5. The van der Waals surface area contributed by atoms with Crippen LogP contribution in [0.5, 0.6) is 0 Å². The maximum atomic E-state index is 5.56. The normalized spacial score (nSPS) is 12.7. The number of rotatable bonds is 9. The number of nitrogens with zero attached hydrogens (tertiary/aromatic N) is 1. The third-order valence-electron chi connectivity index (χ3n) is 4.34. The Labute approximate surface area is 157 Å². The minimum absolute atomic E-state index is 0.347. The summed E-state index contributed by atoms with van der Waals surface area (Å²) < 4.78 is 5.56. The molecule has 0 bridgehead atoms. The van der Waals surface area contributed by atoms with Crippen LogP contribution < -0.4 is 10.6 Å². The number of aryl methyl sites for hydroxylation is 1. The maximum absolute atomic E-state index is 5.56. The zero-order valence-corrected chi connectivity index (χ0v) is 16.2. The zero-order valence-electron chi connectivity index (χ0n) is 16.2. The van der Waals surface area contributed by atoms with Gasteiger partial charge in [0.25, 0.3) is 0 Å². The fraction of sp³-hybridized carbons (Fsp3) is 0.409. The van der Waals surface area contributed by atoms with Gasteiger partial charge in [-0.1, -0.05) is 54.6 Å². The molecule has 1 unspecified atom stereocenters. The Hall–Kier alpha value is -2.33. The standard InChI is InChI=1S/C22H31N3O/c1-4-26-17-21-13-9-8-12-20(21)16-24-22(23-3)25-18(2)14-15-19-10-6-5-7-11-19/h5-13,18H,4,14-17H2,1-3H3,(H2,23,24,25). The van der Waals surface area contributed by atoms with Crippen molar-refractivity contribution in [2.24, 2.45) is 4.99 Å². The molecule has 0 aliphatic carbocycles. The quantitative estimate of drug-likeness (QED) is 0.531. The lowest BCUT2D eigenvalue weighted by Crippen LogP contribution is -2.42. The second-order valence-electron chi connectivity index (χ2n) is 6.40. The third kappa shape index (κ3) is 6.89. The van der Waals surface area contributed by atoms with E-state index in [2.05, 4.69) is 77.1 Å². The first-order valence-corrected chi connectivity index (χ1v) is 9.38. The average molecular weight is 354 g/mol. The fourth-order valence-electron chi connectivity index (χ4n) is 2.79. The second kappa shape index (κ2) is 11.3. The minimum Gasteiger partial charge on any atom is -0.377 e.